The second kappa shape index (κ2) is 11.8. The van der Waals surface area contributed by atoms with Crippen molar-refractivity contribution in [3.63, 3.8) is 0 Å². The number of hydrogen-bond acceptors (Lipinski definition) is 3. The van der Waals surface area contributed by atoms with Gasteiger partial charge in [0.25, 0.3) is 0 Å². The van der Waals surface area contributed by atoms with E-state index in [1.54, 1.807) is 17.9 Å². The first-order valence-electron chi connectivity index (χ1n) is 12.5. The van der Waals surface area contributed by atoms with Crippen molar-refractivity contribution in [1.29, 1.82) is 0 Å². The van der Waals surface area contributed by atoms with Crippen molar-refractivity contribution in [1.82, 2.24) is 10.2 Å². The van der Waals surface area contributed by atoms with Crippen LogP contribution in [0, 0.1) is 5.41 Å². The molecule has 1 aliphatic rings. The minimum Gasteiger partial charge on any atom is -0.391 e. The van der Waals surface area contributed by atoms with Gasteiger partial charge in [-0.2, -0.15) is 0 Å². The van der Waals surface area contributed by atoms with Crippen LogP contribution in [0.4, 0.5) is 0 Å². The molecule has 0 spiro atoms. The number of rotatable bonds is 9. The Kier molecular flexibility index (Phi) is 9.26. The summed E-state index contributed by atoms with van der Waals surface area (Å²) in [6.07, 6.45) is 1.73. The van der Waals surface area contributed by atoms with E-state index >= 15 is 0 Å². The quantitative estimate of drug-likeness (QED) is 0.374. The van der Waals surface area contributed by atoms with E-state index in [1.165, 1.54) is 0 Å². The van der Waals surface area contributed by atoms with E-state index in [0.29, 0.717) is 22.9 Å². The van der Waals surface area contributed by atoms with Crippen LogP contribution in [0.1, 0.15) is 70.0 Å². The second-order valence-corrected chi connectivity index (χ2v) is 10.9. The molecule has 1 heterocycles. The highest BCUT2D eigenvalue weighted by atomic mass is 35.5. The first-order chi connectivity index (χ1) is 17.0. The standard InChI is InChI=1S/C29H36Cl2N2O3/c1-6-25(19(5)34)33-27(20-11-13-22(30)14-12-20)24(21-9-8-10-23(31)15-21)16-29(7-2,28(33)36)17-26(35)32-18(3)4/h7-15,18-19,24-25,27,34H,2,6,16-17H2,1,3-5H3,(H,32,35)/t19-,24+,25?,27+,29+/m0/s1. The Morgan fingerprint density at radius 1 is 1.17 bits per heavy atom. The zero-order valence-corrected chi connectivity index (χ0v) is 22.9. The molecule has 7 heteroatoms. The number of benzene rings is 2. The molecule has 194 valence electrons. The van der Waals surface area contributed by atoms with Crippen molar-refractivity contribution in [2.24, 2.45) is 5.41 Å². The lowest BCUT2D eigenvalue weighted by Crippen LogP contribution is -2.59. The molecule has 0 aromatic heterocycles. The fraction of sp³-hybridized carbons (Fsp3) is 0.448. The summed E-state index contributed by atoms with van der Waals surface area (Å²) in [7, 11) is 0. The summed E-state index contributed by atoms with van der Waals surface area (Å²) in [5.74, 6) is -0.624. The highest BCUT2D eigenvalue weighted by Gasteiger charge is 2.53. The molecule has 0 bridgehead atoms. The predicted molar refractivity (Wildman–Crippen MR) is 146 cm³/mol. The normalized spacial score (nSPS) is 23.9. The molecular weight excluding hydrogens is 495 g/mol. The summed E-state index contributed by atoms with van der Waals surface area (Å²) in [5, 5.41) is 14.9. The van der Waals surface area contributed by atoms with Crippen molar-refractivity contribution in [2.45, 2.75) is 77.1 Å². The number of amides is 2. The lowest BCUT2D eigenvalue weighted by atomic mass is 9.65. The van der Waals surface area contributed by atoms with Gasteiger partial charge in [0, 0.05) is 28.4 Å². The molecule has 3 rings (SSSR count). The first kappa shape index (κ1) is 28.2. The molecule has 0 saturated carbocycles. The van der Waals surface area contributed by atoms with Gasteiger partial charge in [-0.3, -0.25) is 9.59 Å². The van der Waals surface area contributed by atoms with Crippen molar-refractivity contribution >= 4 is 35.0 Å². The van der Waals surface area contributed by atoms with Gasteiger partial charge in [0.1, 0.15) is 0 Å². The Balaban J connectivity index is 2.25. The number of halogens is 2. The van der Waals surface area contributed by atoms with Crippen LogP contribution in [-0.4, -0.2) is 40.0 Å². The zero-order chi connectivity index (χ0) is 26.6. The van der Waals surface area contributed by atoms with Gasteiger partial charge >= 0.3 is 0 Å². The monoisotopic (exact) mass is 530 g/mol. The van der Waals surface area contributed by atoms with Gasteiger partial charge in [-0.1, -0.05) is 60.5 Å². The summed E-state index contributed by atoms with van der Waals surface area (Å²) in [5.41, 5.74) is 0.717. The van der Waals surface area contributed by atoms with Crippen LogP contribution in [0.2, 0.25) is 10.0 Å². The minimum atomic E-state index is -1.14. The largest absolute Gasteiger partial charge is 0.391 e. The van der Waals surface area contributed by atoms with Gasteiger partial charge < -0.3 is 15.3 Å². The van der Waals surface area contributed by atoms with Gasteiger partial charge in [-0.15, -0.1) is 6.58 Å². The van der Waals surface area contributed by atoms with Gasteiger partial charge in [0.2, 0.25) is 11.8 Å². The molecular formula is C29H36Cl2N2O3. The number of piperidine rings is 1. The summed E-state index contributed by atoms with van der Waals surface area (Å²) >= 11 is 12.6. The zero-order valence-electron chi connectivity index (χ0n) is 21.4. The third-order valence-electron chi connectivity index (χ3n) is 7.06. The van der Waals surface area contributed by atoms with E-state index in [1.807, 2.05) is 69.3 Å². The molecule has 1 fully saturated rings. The van der Waals surface area contributed by atoms with E-state index < -0.39 is 23.6 Å². The Labute approximate surface area is 224 Å². The Morgan fingerprint density at radius 3 is 2.36 bits per heavy atom. The third-order valence-corrected chi connectivity index (χ3v) is 7.55. The Morgan fingerprint density at radius 2 is 1.83 bits per heavy atom. The molecule has 0 aliphatic carbocycles. The van der Waals surface area contributed by atoms with Crippen LogP contribution < -0.4 is 5.32 Å². The second-order valence-electron chi connectivity index (χ2n) is 10.0. The number of aliphatic hydroxyl groups is 1. The predicted octanol–water partition coefficient (Wildman–Crippen LogP) is 6.30. The molecule has 2 amide bonds. The fourth-order valence-corrected chi connectivity index (χ4v) is 5.76. The molecule has 5 atom stereocenters. The maximum atomic E-state index is 14.4. The van der Waals surface area contributed by atoms with E-state index in [2.05, 4.69) is 11.9 Å². The highest BCUT2D eigenvalue weighted by Crippen LogP contribution is 2.53. The number of nitrogens with zero attached hydrogens (tertiary/aromatic N) is 1. The molecule has 2 aromatic carbocycles. The molecule has 0 radical (unpaired) electrons. The minimum absolute atomic E-state index is 0.0232. The lowest BCUT2D eigenvalue weighted by Gasteiger charge is -2.52. The van der Waals surface area contributed by atoms with Crippen molar-refractivity contribution in [3.05, 3.63) is 82.4 Å². The van der Waals surface area contributed by atoms with Gasteiger partial charge in [-0.25, -0.2) is 0 Å². The SMILES string of the molecule is C=C[C@]1(CC(=O)NC(C)C)C[C@H](c2cccc(Cl)c2)[C@@H](c2ccc(Cl)cc2)N(C(CC)[C@H](C)O)C1=O. The van der Waals surface area contributed by atoms with Gasteiger partial charge in [0.05, 0.1) is 23.6 Å². The van der Waals surface area contributed by atoms with Crippen LogP contribution in [0.5, 0.6) is 0 Å². The van der Waals surface area contributed by atoms with Crippen LogP contribution in [-0.2, 0) is 9.59 Å². The number of carbonyl (C=O) groups is 2. The summed E-state index contributed by atoms with van der Waals surface area (Å²) in [6.45, 7) is 11.5. The summed E-state index contributed by atoms with van der Waals surface area (Å²) < 4.78 is 0. The molecule has 1 unspecified atom stereocenters. The average Bonchev–Trinajstić information content (AvgIpc) is 2.81. The van der Waals surface area contributed by atoms with E-state index in [0.717, 1.165) is 11.1 Å². The molecule has 5 nitrogen and oxygen atoms in total. The Bertz CT molecular complexity index is 1090. The summed E-state index contributed by atoms with van der Waals surface area (Å²) in [6, 6.07) is 14.2. The maximum absolute atomic E-state index is 14.4. The van der Waals surface area contributed by atoms with Gasteiger partial charge in [0.15, 0.2) is 0 Å². The third kappa shape index (κ3) is 5.96. The van der Waals surface area contributed by atoms with Crippen LogP contribution >= 0.6 is 23.2 Å². The van der Waals surface area contributed by atoms with Crippen LogP contribution in [0.25, 0.3) is 0 Å². The number of hydrogen-bond donors (Lipinski definition) is 2. The molecule has 2 aromatic rings. The molecule has 36 heavy (non-hydrogen) atoms. The lowest BCUT2D eigenvalue weighted by molar-refractivity contribution is -0.158. The number of aliphatic hydroxyl groups excluding tert-OH is 1. The average molecular weight is 532 g/mol. The first-order valence-corrected chi connectivity index (χ1v) is 13.2. The number of likely N-dealkylation sites (tertiary alicyclic amines) is 1. The Hall–Kier alpha value is -2.34. The van der Waals surface area contributed by atoms with E-state index in [-0.39, 0.29) is 30.2 Å². The molecule has 2 N–H and O–H groups in total. The van der Waals surface area contributed by atoms with Crippen molar-refractivity contribution in [3.8, 4) is 0 Å². The van der Waals surface area contributed by atoms with E-state index in [4.69, 9.17) is 23.2 Å². The van der Waals surface area contributed by atoms with E-state index in [9.17, 15) is 14.7 Å². The van der Waals surface area contributed by atoms with Crippen molar-refractivity contribution < 1.29 is 14.7 Å². The molecule has 1 aliphatic heterocycles. The smallest absolute Gasteiger partial charge is 0.234 e. The van der Waals surface area contributed by atoms with Crippen LogP contribution in [0.15, 0.2) is 61.2 Å². The van der Waals surface area contributed by atoms with Gasteiger partial charge in [-0.05, 0) is 69.0 Å². The van der Waals surface area contributed by atoms with Crippen molar-refractivity contribution in [2.75, 3.05) is 0 Å². The highest BCUT2D eigenvalue weighted by molar-refractivity contribution is 6.30. The van der Waals surface area contributed by atoms with Crippen LogP contribution in [0.3, 0.4) is 0 Å². The summed E-state index contributed by atoms with van der Waals surface area (Å²) in [4.78, 5) is 29.2. The maximum Gasteiger partial charge on any atom is 0.234 e. The topological polar surface area (TPSA) is 69.6 Å². The number of carbonyl (C=O) groups excluding carboxylic acids is 2. The number of nitrogens with one attached hydrogen (secondary N) is 1. The fourth-order valence-electron chi connectivity index (χ4n) is 5.44. The molecule has 1 saturated heterocycles.